The zero-order valence-electron chi connectivity index (χ0n) is 31.6. The van der Waals surface area contributed by atoms with E-state index in [1.165, 1.54) is 97.6 Å². The van der Waals surface area contributed by atoms with Crippen LogP contribution in [0.1, 0.15) is 25.0 Å². The van der Waals surface area contributed by atoms with E-state index in [9.17, 15) is 0 Å². The van der Waals surface area contributed by atoms with Gasteiger partial charge in [0.2, 0.25) is 0 Å². The van der Waals surface area contributed by atoms with Gasteiger partial charge in [-0.3, -0.25) is 0 Å². The summed E-state index contributed by atoms with van der Waals surface area (Å²) in [5, 5.41) is 13.5. The van der Waals surface area contributed by atoms with Crippen molar-refractivity contribution in [1.29, 1.82) is 0 Å². The molecule has 10 aromatic rings. The number of hydrogen-bond acceptors (Lipinski definition) is 0. The summed E-state index contributed by atoms with van der Waals surface area (Å²) in [6.45, 7) is 4.83. The zero-order chi connectivity index (χ0) is 37.4. The van der Waals surface area contributed by atoms with Gasteiger partial charge in [-0.1, -0.05) is 208 Å². The SMILES string of the molecule is CC1(C)c2cc(-c3ccccc3[Si](c3ccccc3)(c3ccccc3)c3ccccc3)ccc2-c2ccc(-c3ccc4ccc5cccc6ccc3c4c56)cc21. The van der Waals surface area contributed by atoms with Gasteiger partial charge in [-0.05, 0) is 110 Å². The predicted octanol–water partition coefficient (Wildman–Crippen LogP) is 11.6. The molecule has 0 heterocycles. The number of hydrogen-bond donors (Lipinski definition) is 0. The smallest absolute Gasteiger partial charge is 0.0623 e. The Hall–Kier alpha value is -6.54. The molecular weight excluding hydrogens is 689 g/mol. The van der Waals surface area contributed by atoms with Gasteiger partial charge >= 0.3 is 0 Å². The lowest BCUT2D eigenvalue weighted by Crippen LogP contribution is -2.75. The van der Waals surface area contributed by atoms with E-state index < -0.39 is 8.07 Å². The highest BCUT2D eigenvalue weighted by molar-refractivity contribution is 7.20. The number of rotatable bonds is 6. The molecule has 0 bridgehead atoms. The van der Waals surface area contributed by atoms with E-state index in [-0.39, 0.29) is 5.41 Å². The third-order valence-corrected chi connectivity index (χ3v) is 17.6. The summed E-state index contributed by atoms with van der Waals surface area (Å²) in [4.78, 5) is 0. The molecular formula is C55H40Si. The van der Waals surface area contributed by atoms with Crippen LogP contribution in [0.5, 0.6) is 0 Å². The second kappa shape index (κ2) is 12.5. The minimum absolute atomic E-state index is 0.178. The molecule has 0 saturated carbocycles. The van der Waals surface area contributed by atoms with E-state index in [0.717, 1.165) is 0 Å². The van der Waals surface area contributed by atoms with Crippen LogP contribution in [0.15, 0.2) is 206 Å². The van der Waals surface area contributed by atoms with Crippen LogP contribution >= 0.6 is 0 Å². The Morgan fingerprint density at radius 2 is 0.786 bits per heavy atom. The third-order valence-electron chi connectivity index (χ3n) is 12.8. The maximum absolute atomic E-state index is 2.74. The average molecular weight is 729 g/mol. The van der Waals surface area contributed by atoms with Crippen molar-refractivity contribution in [2.24, 2.45) is 0 Å². The summed E-state index contributed by atoms with van der Waals surface area (Å²) in [7, 11) is -2.74. The Bertz CT molecular complexity index is 2970. The molecule has 0 fully saturated rings. The van der Waals surface area contributed by atoms with Crippen LogP contribution in [0.4, 0.5) is 0 Å². The van der Waals surface area contributed by atoms with Crippen LogP contribution in [0.2, 0.25) is 0 Å². The van der Waals surface area contributed by atoms with Gasteiger partial charge in [0.15, 0.2) is 8.07 Å². The molecule has 0 atom stereocenters. The second-order valence-corrected chi connectivity index (χ2v) is 19.8. The van der Waals surface area contributed by atoms with Crippen molar-refractivity contribution < 1.29 is 0 Å². The molecule has 1 heteroatoms. The van der Waals surface area contributed by atoms with Crippen molar-refractivity contribution in [2.75, 3.05) is 0 Å². The van der Waals surface area contributed by atoms with E-state index in [0.29, 0.717) is 0 Å². The maximum atomic E-state index is 2.50. The van der Waals surface area contributed by atoms with E-state index in [4.69, 9.17) is 0 Å². The molecule has 264 valence electrons. The van der Waals surface area contributed by atoms with Gasteiger partial charge in [-0.15, -0.1) is 0 Å². The fourth-order valence-corrected chi connectivity index (χ4v) is 15.1. The molecule has 0 amide bonds. The van der Waals surface area contributed by atoms with Crippen LogP contribution in [-0.2, 0) is 5.41 Å². The first-order chi connectivity index (χ1) is 27.5. The quantitative estimate of drug-likeness (QED) is 0.0908. The Labute approximate surface area is 329 Å². The molecule has 0 saturated heterocycles. The normalized spacial score (nSPS) is 13.3. The second-order valence-electron chi connectivity index (χ2n) is 16.0. The Kier molecular flexibility index (Phi) is 7.33. The van der Waals surface area contributed by atoms with Crippen molar-refractivity contribution >= 4 is 61.1 Å². The molecule has 0 aromatic heterocycles. The minimum atomic E-state index is -2.74. The van der Waals surface area contributed by atoms with E-state index in [1.54, 1.807) is 0 Å². The summed E-state index contributed by atoms with van der Waals surface area (Å²) in [6.07, 6.45) is 0. The Morgan fingerprint density at radius 1 is 0.339 bits per heavy atom. The van der Waals surface area contributed by atoms with Crippen molar-refractivity contribution in [3.63, 3.8) is 0 Å². The van der Waals surface area contributed by atoms with E-state index in [2.05, 4.69) is 220 Å². The van der Waals surface area contributed by atoms with Gasteiger partial charge in [-0.2, -0.15) is 0 Å². The summed E-state index contributed by atoms with van der Waals surface area (Å²) >= 11 is 0. The highest BCUT2D eigenvalue weighted by Gasteiger charge is 2.43. The van der Waals surface area contributed by atoms with Crippen LogP contribution < -0.4 is 20.7 Å². The summed E-state index contributed by atoms with van der Waals surface area (Å²) in [5.41, 5.74) is 10.4. The Morgan fingerprint density at radius 3 is 1.36 bits per heavy atom. The van der Waals surface area contributed by atoms with Crippen LogP contribution in [0.25, 0.3) is 65.7 Å². The molecule has 0 aliphatic heterocycles. The maximum Gasteiger partial charge on any atom is 0.180 e. The van der Waals surface area contributed by atoms with Crippen LogP contribution in [-0.4, -0.2) is 8.07 Å². The van der Waals surface area contributed by atoms with Crippen LogP contribution in [0, 0.1) is 0 Å². The molecule has 0 unspecified atom stereocenters. The molecule has 11 rings (SSSR count). The first-order valence-electron chi connectivity index (χ1n) is 19.8. The van der Waals surface area contributed by atoms with Gasteiger partial charge in [0.25, 0.3) is 0 Å². The van der Waals surface area contributed by atoms with Crippen molar-refractivity contribution in [3.05, 3.63) is 217 Å². The number of benzene rings is 10. The predicted molar refractivity (Wildman–Crippen MR) is 242 cm³/mol. The van der Waals surface area contributed by atoms with Gasteiger partial charge in [0.1, 0.15) is 0 Å². The molecule has 1 aliphatic rings. The van der Waals surface area contributed by atoms with Gasteiger partial charge in [0.05, 0.1) is 0 Å². The lowest BCUT2D eigenvalue weighted by atomic mass is 9.80. The van der Waals surface area contributed by atoms with Gasteiger partial charge in [0, 0.05) is 5.41 Å². The molecule has 0 radical (unpaired) electrons. The number of fused-ring (bicyclic) bond motifs is 3. The monoisotopic (exact) mass is 728 g/mol. The summed E-state index contributed by atoms with van der Waals surface area (Å²) < 4.78 is 0. The molecule has 0 nitrogen and oxygen atoms in total. The fourth-order valence-electron chi connectivity index (χ4n) is 10.2. The molecule has 0 spiro atoms. The Balaban J connectivity index is 1.07. The summed E-state index contributed by atoms with van der Waals surface area (Å²) in [6, 6.07) is 77.9. The standard InChI is InChI=1S/C55H40Si/c1-55(2)50-35-40(45-31-27-39-26-25-37-15-14-16-38-28-34-49(45)54(39)53(37)38)29-32-47(50)48-33-30-41(36-51(48)55)46-23-12-13-24-52(46)56(42-17-6-3-7-18-42,43-19-8-4-9-20-43)44-21-10-5-11-22-44/h3-36H,1-2H3. The van der Waals surface area contributed by atoms with Crippen molar-refractivity contribution in [1.82, 2.24) is 0 Å². The minimum Gasteiger partial charge on any atom is -0.0623 e. The van der Waals surface area contributed by atoms with Crippen LogP contribution in [0.3, 0.4) is 0 Å². The van der Waals surface area contributed by atoms with Crippen molar-refractivity contribution in [3.8, 4) is 33.4 Å². The highest BCUT2D eigenvalue weighted by atomic mass is 28.3. The van der Waals surface area contributed by atoms with Crippen molar-refractivity contribution in [2.45, 2.75) is 19.3 Å². The molecule has 1 aliphatic carbocycles. The average Bonchev–Trinajstić information content (AvgIpc) is 3.49. The third kappa shape index (κ3) is 4.71. The largest absolute Gasteiger partial charge is 0.180 e. The van der Waals surface area contributed by atoms with Gasteiger partial charge in [-0.25, -0.2) is 0 Å². The zero-order valence-corrected chi connectivity index (χ0v) is 32.6. The first-order valence-corrected chi connectivity index (χ1v) is 21.8. The summed E-state index contributed by atoms with van der Waals surface area (Å²) in [5.74, 6) is 0. The highest BCUT2D eigenvalue weighted by Crippen LogP contribution is 2.51. The lowest BCUT2D eigenvalue weighted by Gasteiger charge is -2.36. The van der Waals surface area contributed by atoms with E-state index >= 15 is 0 Å². The lowest BCUT2D eigenvalue weighted by molar-refractivity contribution is 0.661. The van der Waals surface area contributed by atoms with Gasteiger partial charge < -0.3 is 0 Å². The van der Waals surface area contributed by atoms with E-state index in [1.807, 2.05) is 0 Å². The molecule has 56 heavy (non-hydrogen) atoms. The first kappa shape index (κ1) is 32.8. The topological polar surface area (TPSA) is 0 Å². The fraction of sp³-hybridized carbons (Fsp3) is 0.0545. The molecule has 10 aromatic carbocycles. The molecule has 0 N–H and O–H groups in total.